The molecule has 0 aliphatic carbocycles. The Kier molecular flexibility index (Phi) is 6.33. The molecule has 1 N–H and O–H groups in total. The predicted octanol–water partition coefficient (Wildman–Crippen LogP) is 3.56. The minimum atomic E-state index is 0.252. The summed E-state index contributed by atoms with van der Waals surface area (Å²) in [7, 11) is 1.99. The van der Waals surface area contributed by atoms with Gasteiger partial charge < -0.3 is 10.1 Å². The average Bonchev–Trinajstić information content (AvgIpc) is 2.83. The van der Waals surface area contributed by atoms with Crippen LogP contribution in [0.5, 0.6) is 0 Å². The summed E-state index contributed by atoms with van der Waals surface area (Å²) in [6, 6.07) is 0.252. The van der Waals surface area contributed by atoms with Gasteiger partial charge in [0.15, 0.2) is 0 Å². The molecule has 0 bridgehead atoms. The molecule has 0 amide bonds. The van der Waals surface area contributed by atoms with Gasteiger partial charge in [0.05, 0.1) is 29.1 Å². The van der Waals surface area contributed by atoms with E-state index in [1.54, 1.807) is 6.20 Å². The molecule has 0 radical (unpaired) electrons. The van der Waals surface area contributed by atoms with Gasteiger partial charge in [-0.3, -0.25) is 4.68 Å². The van der Waals surface area contributed by atoms with Crippen LogP contribution in [0.1, 0.15) is 57.2 Å². The van der Waals surface area contributed by atoms with E-state index in [-0.39, 0.29) is 6.04 Å². The fraction of sp³-hybridized carbons (Fsp3) is 0.800. The fourth-order valence-corrected chi connectivity index (χ4v) is 3.19. The Morgan fingerprint density at radius 3 is 3.05 bits per heavy atom. The quantitative estimate of drug-likeness (QED) is 0.837. The van der Waals surface area contributed by atoms with Crippen molar-refractivity contribution in [2.75, 3.05) is 13.7 Å². The van der Waals surface area contributed by atoms with Crippen molar-refractivity contribution in [3.8, 4) is 0 Å². The zero-order valence-electron chi connectivity index (χ0n) is 12.6. The summed E-state index contributed by atoms with van der Waals surface area (Å²) in [6.07, 6.45) is 9.06. The van der Waals surface area contributed by atoms with Crippen LogP contribution in [-0.2, 0) is 11.3 Å². The van der Waals surface area contributed by atoms with Crippen LogP contribution in [0, 0.1) is 0 Å². The van der Waals surface area contributed by atoms with Crippen LogP contribution in [0.3, 0.4) is 0 Å². The molecule has 1 aliphatic heterocycles. The number of ether oxygens (including phenoxy) is 1. The third kappa shape index (κ3) is 3.96. The second-order valence-electron chi connectivity index (χ2n) is 5.51. The van der Waals surface area contributed by atoms with Crippen LogP contribution in [-0.4, -0.2) is 29.5 Å². The zero-order chi connectivity index (χ0) is 14.4. The highest BCUT2D eigenvalue weighted by Gasteiger charge is 2.21. The molecule has 4 nitrogen and oxygen atoms in total. The van der Waals surface area contributed by atoms with Crippen molar-refractivity contribution in [1.29, 1.82) is 0 Å². The molecule has 0 aromatic carbocycles. The van der Waals surface area contributed by atoms with Gasteiger partial charge in [-0.1, -0.05) is 18.5 Å². The van der Waals surface area contributed by atoms with Gasteiger partial charge in [-0.15, -0.1) is 0 Å². The third-order valence-electron chi connectivity index (χ3n) is 4.00. The molecule has 2 atom stereocenters. The summed E-state index contributed by atoms with van der Waals surface area (Å²) in [5, 5.41) is 8.53. The van der Waals surface area contributed by atoms with Gasteiger partial charge in [0.25, 0.3) is 0 Å². The minimum Gasteiger partial charge on any atom is -0.378 e. The molecule has 20 heavy (non-hydrogen) atoms. The van der Waals surface area contributed by atoms with E-state index in [9.17, 15) is 0 Å². The number of rotatable bonds is 7. The molecule has 0 saturated carbocycles. The third-order valence-corrected chi connectivity index (χ3v) is 4.29. The van der Waals surface area contributed by atoms with Crippen LogP contribution >= 0.6 is 11.6 Å². The molecule has 0 spiro atoms. The molecule has 2 heterocycles. The maximum Gasteiger partial charge on any atom is 0.0834 e. The second kappa shape index (κ2) is 8.01. The molecule has 2 unspecified atom stereocenters. The zero-order valence-corrected chi connectivity index (χ0v) is 13.3. The van der Waals surface area contributed by atoms with E-state index in [1.807, 2.05) is 11.7 Å². The maximum absolute atomic E-state index is 6.32. The normalized spacial score (nSPS) is 21.1. The summed E-state index contributed by atoms with van der Waals surface area (Å²) in [5.41, 5.74) is 1.12. The first-order valence-corrected chi connectivity index (χ1v) is 8.14. The molecular formula is C15H26ClN3O. The maximum atomic E-state index is 6.32. The molecule has 1 fully saturated rings. The van der Waals surface area contributed by atoms with Crippen molar-refractivity contribution in [3.05, 3.63) is 16.9 Å². The van der Waals surface area contributed by atoms with Crippen molar-refractivity contribution < 1.29 is 4.74 Å². The van der Waals surface area contributed by atoms with Gasteiger partial charge in [0.2, 0.25) is 0 Å². The van der Waals surface area contributed by atoms with Gasteiger partial charge in [0, 0.05) is 13.2 Å². The highest BCUT2D eigenvalue weighted by atomic mass is 35.5. The van der Waals surface area contributed by atoms with Gasteiger partial charge in [-0.25, -0.2) is 0 Å². The molecule has 5 heteroatoms. The first-order chi connectivity index (χ1) is 9.76. The summed E-state index contributed by atoms with van der Waals surface area (Å²) in [5.74, 6) is 0. The number of hydrogen-bond donors (Lipinski definition) is 1. The van der Waals surface area contributed by atoms with Crippen LogP contribution in [0.4, 0.5) is 0 Å². The number of nitrogens with zero attached hydrogens (tertiary/aromatic N) is 2. The number of halogens is 1. The first kappa shape index (κ1) is 15.8. The molecule has 2 rings (SSSR count). The highest BCUT2D eigenvalue weighted by molar-refractivity contribution is 6.31. The van der Waals surface area contributed by atoms with E-state index in [2.05, 4.69) is 17.3 Å². The van der Waals surface area contributed by atoms with Gasteiger partial charge in [0.1, 0.15) is 0 Å². The summed E-state index contributed by atoms with van der Waals surface area (Å²) < 4.78 is 7.85. The van der Waals surface area contributed by atoms with Crippen LogP contribution in [0.25, 0.3) is 0 Å². The summed E-state index contributed by atoms with van der Waals surface area (Å²) in [6.45, 7) is 3.99. The lowest BCUT2D eigenvalue weighted by atomic mass is 10.00. The topological polar surface area (TPSA) is 39.1 Å². The van der Waals surface area contributed by atoms with E-state index < -0.39 is 0 Å². The van der Waals surface area contributed by atoms with E-state index in [4.69, 9.17) is 16.3 Å². The van der Waals surface area contributed by atoms with E-state index in [0.29, 0.717) is 6.10 Å². The largest absolute Gasteiger partial charge is 0.378 e. The Morgan fingerprint density at radius 1 is 1.55 bits per heavy atom. The Labute approximate surface area is 126 Å². The Morgan fingerprint density at radius 2 is 2.40 bits per heavy atom. The molecule has 1 aliphatic rings. The van der Waals surface area contributed by atoms with Crippen molar-refractivity contribution in [3.63, 3.8) is 0 Å². The van der Waals surface area contributed by atoms with Crippen LogP contribution < -0.4 is 5.32 Å². The van der Waals surface area contributed by atoms with E-state index in [0.717, 1.165) is 43.1 Å². The van der Waals surface area contributed by atoms with Gasteiger partial charge in [-0.05, 0) is 45.6 Å². The monoisotopic (exact) mass is 299 g/mol. The molecule has 1 aromatic rings. The Bertz CT molecular complexity index is 402. The van der Waals surface area contributed by atoms with Crippen molar-refractivity contribution in [2.45, 2.75) is 64.1 Å². The summed E-state index contributed by atoms with van der Waals surface area (Å²) >= 11 is 6.32. The van der Waals surface area contributed by atoms with E-state index >= 15 is 0 Å². The smallest absolute Gasteiger partial charge is 0.0834 e. The minimum absolute atomic E-state index is 0.252. The highest BCUT2D eigenvalue weighted by Crippen LogP contribution is 2.28. The Balaban J connectivity index is 1.98. The lowest BCUT2D eigenvalue weighted by Gasteiger charge is -2.25. The van der Waals surface area contributed by atoms with Gasteiger partial charge >= 0.3 is 0 Å². The number of hydrogen-bond acceptors (Lipinski definition) is 3. The lowest BCUT2D eigenvalue weighted by Crippen LogP contribution is -2.25. The summed E-state index contributed by atoms with van der Waals surface area (Å²) in [4.78, 5) is 0. The second-order valence-corrected chi connectivity index (χ2v) is 5.92. The van der Waals surface area contributed by atoms with Gasteiger partial charge in [-0.2, -0.15) is 5.10 Å². The number of nitrogens with one attached hydrogen (secondary N) is 1. The average molecular weight is 300 g/mol. The van der Waals surface area contributed by atoms with Crippen molar-refractivity contribution in [1.82, 2.24) is 15.1 Å². The molecule has 114 valence electrons. The molecular weight excluding hydrogens is 274 g/mol. The predicted molar refractivity (Wildman–Crippen MR) is 82.2 cm³/mol. The van der Waals surface area contributed by atoms with E-state index in [1.165, 1.54) is 19.3 Å². The first-order valence-electron chi connectivity index (χ1n) is 7.76. The van der Waals surface area contributed by atoms with Crippen molar-refractivity contribution in [2.24, 2.45) is 0 Å². The fourth-order valence-electron chi connectivity index (χ4n) is 2.91. The number of aromatic nitrogens is 2. The van der Waals surface area contributed by atoms with Crippen LogP contribution in [0.2, 0.25) is 5.02 Å². The Hall–Kier alpha value is -0.580. The SMILES string of the molecule is CCCn1ncc(Cl)c1C(CCC1CCCCO1)NC. The van der Waals surface area contributed by atoms with Crippen LogP contribution in [0.15, 0.2) is 6.20 Å². The lowest BCUT2D eigenvalue weighted by molar-refractivity contribution is 0.00853. The molecule has 1 saturated heterocycles. The number of aryl methyl sites for hydroxylation is 1. The van der Waals surface area contributed by atoms with Crippen molar-refractivity contribution >= 4 is 11.6 Å². The molecule has 1 aromatic heterocycles. The standard InChI is InChI=1S/C15H26ClN3O/c1-3-9-19-15(13(16)11-18-19)14(17-2)8-7-12-6-4-5-10-20-12/h11-12,14,17H,3-10H2,1-2H3.